The Morgan fingerprint density at radius 3 is 2.53 bits per heavy atom. The highest BCUT2D eigenvalue weighted by Crippen LogP contribution is 2.27. The summed E-state index contributed by atoms with van der Waals surface area (Å²) in [6, 6.07) is 16.5. The molecule has 0 radical (unpaired) electrons. The zero-order valence-corrected chi connectivity index (χ0v) is 19.2. The average molecular weight is 465 g/mol. The molecule has 1 aromatic heterocycles. The Hall–Kier alpha value is -3.30. The van der Waals surface area contributed by atoms with Crippen LogP contribution in [0.1, 0.15) is 24.8 Å². The molecule has 1 atom stereocenters. The van der Waals surface area contributed by atoms with Crippen molar-refractivity contribution in [3.05, 3.63) is 66.2 Å². The van der Waals surface area contributed by atoms with E-state index in [1.807, 2.05) is 42.3 Å². The largest absolute Gasteiger partial charge is 0.487 e. The van der Waals surface area contributed by atoms with Crippen LogP contribution in [0.2, 0.25) is 0 Å². The van der Waals surface area contributed by atoms with Crippen molar-refractivity contribution in [3.8, 4) is 5.75 Å². The molecule has 2 aliphatic rings. The second kappa shape index (κ2) is 10.3. The molecule has 2 aliphatic heterocycles. The van der Waals surface area contributed by atoms with Crippen LogP contribution < -0.4 is 19.9 Å². The van der Waals surface area contributed by atoms with Crippen LogP contribution >= 0.6 is 0 Å². The first kappa shape index (κ1) is 22.5. The van der Waals surface area contributed by atoms with Gasteiger partial charge in [-0.25, -0.2) is 4.39 Å². The van der Waals surface area contributed by atoms with Gasteiger partial charge in [0, 0.05) is 51.8 Å². The highest BCUT2D eigenvalue weighted by Gasteiger charge is 2.27. The maximum atomic E-state index is 14.0. The number of para-hydroxylation sites is 2. The molecule has 2 saturated heterocycles. The number of hydrogen-bond acceptors (Lipinski definition) is 8. The molecule has 2 aromatic carbocycles. The monoisotopic (exact) mass is 464 g/mol. The molecule has 34 heavy (non-hydrogen) atoms. The molecule has 9 heteroatoms. The molecule has 1 unspecified atom stereocenters. The number of morpholine rings is 1. The van der Waals surface area contributed by atoms with Gasteiger partial charge in [-0.05, 0) is 24.3 Å². The van der Waals surface area contributed by atoms with Crippen molar-refractivity contribution in [2.24, 2.45) is 0 Å². The van der Waals surface area contributed by atoms with Crippen molar-refractivity contribution in [3.63, 3.8) is 0 Å². The zero-order valence-electron chi connectivity index (χ0n) is 19.2. The normalized spacial score (nSPS) is 19.1. The van der Waals surface area contributed by atoms with Gasteiger partial charge in [0.15, 0.2) is 17.4 Å². The highest BCUT2D eigenvalue weighted by molar-refractivity contribution is 5.57. The molecule has 0 saturated carbocycles. The second-order valence-electron chi connectivity index (χ2n) is 8.49. The van der Waals surface area contributed by atoms with Gasteiger partial charge in [0.1, 0.15) is 12.2 Å². The van der Waals surface area contributed by atoms with Crippen LogP contribution in [0.5, 0.6) is 5.75 Å². The third-order valence-corrected chi connectivity index (χ3v) is 6.14. The van der Waals surface area contributed by atoms with Gasteiger partial charge in [-0.3, -0.25) is 0 Å². The third kappa shape index (κ3) is 5.10. The van der Waals surface area contributed by atoms with Crippen molar-refractivity contribution in [2.75, 3.05) is 49.6 Å². The summed E-state index contributed by atoms with van der Waals surface area (Å²) < 4.78 is 25.8. The molecular weight excluding hydrogens is 435 g/mol. The Balaban J connectivity index is 1.35. The number of hydrogen-bond donors (Lipinski definition) is 1. The second-order valence-corrected chi connectivity index (χ2v) is 8.49. The number of nitrogens with zero attached hydrogens (tertiary/aromatic N) is 5. The van der Waals surface area contributed by atoms with Crippen molar-refractivity contribution in [1.29, 1.82) is 0 Å². The van der Waals surface area contributed by atoms with Crippen LogP contribution in [0.15, 0.2) is 54.6 Å². The number of nitrogens with one attached hydrogen (secondary N) is 1. The fraction of sp³-hybridized carbons (Fsp3) is 0.400. The highest BCUT2D eigenvalue weighted by atomic mass is 19.1. The summed E-state index contributed by atoms with van der Waals surface area (Å²) in [5, 5.41) is 3.35. The van der Waals surface area contributed by atoms with Crippen LogP contribution in [0.4, 0.5) is 22.0 Å². The van der Waals surface area contributed by atoms with Crippen LogP contribution in [0.3, 0.4) is 0 Å². The summed E-state index contributed by atoms with van der Waals surface area (Å²) >= 11 is 0. The first-order valence-corrected chi connectivity index (χ1v) is 11.7. The molecular formula is C25H29FN6O2. The number of ether oxygens (including phenoxy) is 2. The van der Waals surface area contributed by atoms with E-state index in [1.165, 1.54) is 6.07 Å². The molecule has 2 fully saturated rings. The summed E-state index contributed by atoms with van der Waals surface area (Å²) in [4.78, 5) is 18.5. The van der Waals surface area contributed by atoms with E-state index in [4.69, 9.17) is 24.4 Å². The Kier molecular flexibility index (Phi) is 6.82. The Bertz CT molecular complexity index is 1090. The van der Waals surface area contributed by atoms with Crippen molar-refractivity contribution < 1.29 is 13.9 Å². The van der Waals surface area contributed by atoms with E-state index in [9.17, 15) is 4.39 Å². The van der Waals surface area contributed by atoms with Crippen molar-refractivity contribution >= 4 is 17.6 Å². The van der Waals surface area contributed by atoms with Gasteiger partial charge in [0.2, 0.25) is 11.9 Å². The maximum absolute atomic E-state index is 14.0. The molecule has 0 amide bonds. The van der Waals surface area contributed by atoms with E-state index in [0.717, 1.165) is 25.1 Å². The molecule has 0 bridgehead atoms. The van der Waals surface area contributed by atoms with Gasteiger partial charge in [-0.2, -0.15) is 15.0 Å². The SMILES string of the molecule is CN(c1ccccc1)c1nc(C2CNCCO2)nc(N2CCC(Oc3ccccc3F)CC2)n1. The Morgan fingerprint density at radius 1 is 1.03 bits per heavy atom. The molecule has 3 heterocycles. The number of piperidine rings is 1. The Labute approximate surface area is 198 Å². The van der Waals surface area contributed by atoms with Gasteiger partial charge in [-0.15, -0.1) is 0 Å². The first-order chi connectivity index (χ1) is 16.7. The van der Waals surface area contributed by atoms with Gasteiger partial charge in [0.25, 0.3) is 0 Å². The van der Waals surface area contributed by atoms with Crippen LogP contribution in [0, 0.1) is 5.82 Å². The van der Waals surface area contributed by atoms with E-state index in [0.29, 0.717) is 49.7 Å². The standard InChI is InChI=1S/C25H29FN6O2/c1-31(18-7-3-2-4-8-18)24-28-23(22-17-27-13-16-33-22)29-25(30-24)32-14-11-19(12-15-32)34-21-10-6-5-9-20(21)26/h2-10,19,22,27H,11-17H2,1H3. The van der Waals surface area contributed by atoms with Crippen LogP contribution in [-0.2, 0) is 4.74 Å². The predicted octanol–water partition coefficient (Wildman–Crippen LogP) is 3.49. The summed E-state index contributed by atoms with van der Waals surface area (Å²) in [6.07, 6.45) is 1.23. The summed E-state index contributed by atoms with van der Waals surface area (Å²) in [5.41, 5.74) is 0.991. The van der Waals surface area contributed by atoms with E-state index in [-0.39, 0.29) is 18.0 Å². The van der Waals surface area contributed by atoms with Gasteiger partial charge in [-0.1, -0.05) is 30.3 Å². The fourth-order valence-electron chi connectivity index (χ4n) is 4.20. The van der Waals surface area contributed by atoms with Gasteiger partial charge in [0.05, 0.1) is 6.61 Å². The minimum absolute atomic E-state index is 0.0493. The van der Waals surface area contributed by atoms with Crippen LogP contribution in [-0.4, -0.2) is 60.9 Å². The van der Waals surface area contributed by atoms with Crippen molar-refractivity contribution in [1.82, 2.24) is 20.3 Å². The molecule has 8 nitrogen and oxygen atoms in total. The lowest BCUT2D eigenvalue weighted by Crippen LogP contribution is -2.40. The summed E-state index contributed by atoms with van der Waals surface area (Å²) in [6.45, 7) is 3.52. The van der Waals surface area contributed by atoms with E-state index in [2.05, 4.69) is 10.2 Å². The topological polar surface area (TPSA) is 75.6 Å². The van der Waals surface area contributed by atoms with E-state index < -0.39 is 0 Å². The van der Waals surface area contributed by atoms with Gasteiger partial charge < -0.3 is 24.6 Å². The molecule has 3 aromatic rings. The number of benzene rings is 2. The van der Waals surface area contributed by atoms with Gasteiger partial charge >= 0.3 is 0 Å². The smallest absolute Gasteiger partial charge is 0.234 e. The lowest BCUT2D eigenvalue weighted by molar-refractivity contribution is 0.0221. The molecule has 5 rings (SSSR count). The summed E-state index contributed by atoms with van der Waals surface area (Å²) in [5.74, 6) is 1.80. The lowest BCUT2D eigenvalue weighted by atomic mass is 10.1. The number of halogens is 1. The Morgan fingerprint density at radius 2 is 1.79 bits per heavy atom. The average Bonchev–Trinajstić information content (AvgIpc) is 2.91. The predicted molar refractivity (Wildman–Crippen MR) is 128 cm³/mol. The minimum atomic E-state index is -0.332. The lowest BCUT2D eigenvalue weighted by Gasteiger charge is -2.33. The molecule has 0 aliphatic carbocycles. The summed E-state index contributed by atoms with van der Waals surface area (Å²) in [7, 11) is 1.95. The molecule has 178 valence electrons. The van der Waals surface area contributed by atoms with E-state index in [1.54, 1.807) is 18.2 Å². The zero-order chi connectivity index (χ0) is 23.3. The number of aromatic nitrogens is 3. The minimum Gasteiger partial charge on any atom is -0.487 e. The maximum Gasteiger partial charge on any atom is 0.234 e. The quantitative estimate of drug-likeness (QED) is 0.594. The third-order valence-electron chi connectivity index (χ3n) is 6.14. The molecule has 0 spiro atoms. The fourth-order valence-corrected chi connectivity index (χ4v) is 4.20. The molecule has 1 N–H and O–H groups in total. The van der Waals surface area contributed by atoms with Crippen molar-refractivity contribution in [2.45, 2.75) is 25.0 Å². The first-order valence-electron chi connectivity index (χ1n) is 11.7. The van der Waals surface area contributed by atoms with Crippen LogP contribution in [0.25, 0.3) is 0 Å². The number of rotatable bonds is 6. The number of anilines is 3. The van der Waals surface area contributed by atoms with E-state index >= 15 is 0 Å².